The van der Waals surface area contributed by atoms with Crippen molar-refractivity contribution in [3.05, 3.63) is 87.3 Å². The van der Waals surface area contributed by atoms with Gasteiger partial charge in [-0.05, 0) is 24.2 Å². The molecule has 2 aromatic heterocycles. The number of fused-ring (bicyclic) bond motifs is 1. The number of hydrogen-bond acceptors (Lipinski definition) is 7. The molecular formula is C27H33N5O5. The summed E-state index contributed by atoms with van der Waals surface area (Å²) in [6.45, 7) is 4.72. The van der Waals surface area contributed by atoms with Gasteiger partial charge in [0.1, 0.15) is 19.3 Å². The number of aromatic nitrogens is 4. The first-order valence-electron chi connectivity index (χ1n) is 12.3. The second-order valence-electron chi connectivity index (χ2n) is 8.90. The summed E-state index contributed by atoms with van der Waals surface area (Å²) in [6.07, 6.45) is 0.848. The van der Waals surface area contributed by atoms with Gasteiger partial charge in [-0.15, -0.1) is 0 Å². The van der Waals surface area contributed by atoms with Crippen molar-refractivity contribution in [2.45, 2.75) is 26.2 Å². The minimum Gasteiger partial charge on any atom is -0.487 e. The summed E-state index contributed by atoms with van der Waals surface area (Å²) in [5, 5.41) is 10.7. The van der Waals surface area contributed by atoms with E-state index in [2.05, 4.69) is 9.88 Å². The summed E-state index contributed by atoms with van der Waals surface area (Å²) in [7, 11) is 3.06. The second-order valence-corrected chi connectivity index (χ2v) is 8.90. The van der Waals surface area contributed by atoms with Crippen LogP contribution in [0.4, 0.5) is 0 Å². The Hall–Kier alpha value is -3.89. The monoisotopic (exact) mass is 507 g/mol. The lowest BCUT2D eigenvalue weighted by Crippen LogP contribution is -2.39. The highest BCUT2D eigenvalue weighted by Crippen LogP contribution is 2.27. The summed E-state index contributed by atoms with van der Waals surface area (Å²) in [5.74, 6) is 1.20. The van der Waals surface area contributed by atoms with Crippen LogP contribution in [-0.4, -0.2) is 61.0 Å². The van der Waals surface area contributed by atoms with Crippen molar-refractivity contribution < 1.29 is 14.6 Å². The molecule has 1 N–H and O–H groups in total. The molecule has 37 heavy (non-hydrogen) atoms. The molecule has 0 amide bonds. The number of likely N-dealkylation sites (N-methyl/N-ethyl adjacent to an activating group) is 1. The van der Waals surface area contributed by atoms with E-state index in [9.17, 15) is 14.7 Å². The molecule has 0 aliphatic heterocycles. The predicted molar refractivity (Wildman–Crippen MR) is 141 cm³/mol. The van der Waals surface area contributed by atoms with Crippen LogP contribution in [0.15, 0.2) is 70.5 Å². The quantitative estimate of drug-likeness (QED) is 0.312. The number of aliphatic hydroxyl groups excluding tert-OH is 1. The van der Waals surface area contributed by atoms with Crippen LogP contribution >= 0.6 is 0 Å². The van der Waals surface area contributed by atoms with Gasteiger partial charge in [0.2, 0.25) is 0 Å². The minimum atomic E-state index is -0.727. The van der Waals surface area contributed by atoms with Gasteiger partial charge in [-0.25, -0.2) is 9.78 Å². The van der Waals surface area contributed by atoms with Gasteiger partial charge in [0, 0.05) is 33.7 Å². The Morgan fingerprint density at radius 2 is 1.65 bits per heavy atom. The van der Waals surface area contributed by atoms with E-state index in [0.29, 0.717) is 55.4 Å². The molecule has 0 radical (unpaired) electrons. The topological polar surface area (TPSA) is 104 Å². The SMILES string of the molecule is CCN(CCn1cnc2c1c(=O)n(C)c(=O)n2C)CC(O)COc1ccccc1OCc1ccccc1. The fraction of sp³-hybridized carbons (Fsp3) is 0.370. The fourth-order valence-corrected chi connectivity index (χ4v) is 4.15. The average molecular weight is 508 g/mol. The lowest BCUT2D eigenvalue weighted by atomic mass is 10.2. The van der Waals surface area contributed by atoms with E-state index in [1.165, 1.54) is 11.6 Å². The maximum absolute atomic E-state index is 12.7. The molecule has 0 aliphatic carbocycles. The lowest BCUT2D eigenvalue weighted by molar-refractivity contribution is 0.0674. The summed E-state index contributed by atoms with van der Waals surface area (Å²) in [4.78, 5) is 31.1. The van der Waals surface area contributed by atoms with E-state index in [4.69, 9.17) is 9.47 Å². The molecule has 0 bridgehead atoms. The van der Waals surface area contributed by atoms with E-state index >= 15 is 0 Å². The highest BCUT2D eigenvalue weighted by atomic mass is 16.5. The van der Waals surface area contributed by atoms with E-state index in [-0.39, 0.29) is 12.2 Å². The predicted octanol–water partition coefficient (Wildman–Crippen LogP) is 1.77. The van der Waals surface area contributed by atoms with Gasteiger partial charge in [0.25, 0.3) is 5.56 Å². The van der Waals surface area contributed by atoms with Gasteiger partial charge < -0.3 is 19.1 Å². The van der Waals surface area contributed by atoms with Crippen LogP contribution in [0.5, 0.6) is 11.5 Å². The third-order valence-corrected chi connectivity index (χ3v) is 6.31. The van der Waals surface area contributed by atoms with Crippen LogP contribution in [0.2, 0.25) is 0 Å². The molecule has 196 valence electrons. The van der Waals surface area contributed by atoms with Crippen molar-refractivity contribution in [1.82, 2.24) is 23.6 Å². The molecule has 10 heteroatoms. The molecule has 0 fully saturated rings. The zero-order valence-electron chi connectivity index (χ0n) is 21.4. The van der Waals surface area contributed by atoms with Crippen molar-refractivity contribution in [2.75, 3.05) is 26.2 Å². The van der Waals surface area contributed by atoms with Crippen LogP contribution in [0.3, 0.4) is 0 Å². The maximum atomic E-state index is 12.7. The molecule has 4 aromatic rings. The third-order valence-electron chi connectivity index (χ3n) is 6.31. The highest BCUT2D eigenvalue weighted by molar-refractivity contribution is 5.69. The maximum Gasteiger partial charge on any atom is 0.332 e. The van der Waals surface area contributed by atoms with E-state index in [0.717, 1.165) is 10.1 Å². The molecule has 0 saturated carbocycles. The Morgan fingerprint density at radius 3 is 2.35 bits per heavy atom. The van der Waals surface area contributed by atoms with Crippen molar-refractivity contribution in [2.24, 2.45) is 14.1 Å². The van der Waals surface area contributed by atoms with Gasteiger partial charge >= 0.3 is 5.69 Å². The minimum absolute atomic E-state index is 0.110. The molecule has 2 heterocycles. The molecule has 4 rings (SSSR count). The molecule has 0 saturated heterocycles. The Kier molecular flexibility index (Phi) is 8.42. The average Bonchev–Trinajstić information content (AvgIpc) is 3.36. The molecule has 1 atom stereocenters. The second kappa shape index (κ2) is 11.9. The summed E-state index contributed by atoms with van der Waals surface area (Å²) in [6, 6.07) is 17.3. The molecule has 0 aliphatic rings. The van der Waals surface area contributed by atoms with Crippen LogP contribution in [0, 0.1) is 0 Å². The first-order valence-corrected chi connectivity index (χ1v) is 12.3. The van der Waals surface area contributed by atoms with Crippen molar-refractivity contribution in [1.29, 1.82) is 0 Å². The van der Waals surface area contributed by atoms with Gasteiger partial charge in [-0.1, -0.05) is 49.4 Å². The van der Waals surface area contributed by atoms with Crippen molar-refractivity contribution >= 4 is 11.2 Å². The third kappa shape index (κ3) is 6.10. The van der Waals surface area contributed by atoms with Crippen molar-refractivity contribution in [3.63, 3.8) is 0 Å². The Labute approximate surface area is 214 Å². The first kappa shape index (κ1) is 26.2. The number of hydrogen-bond donors (Lipinski definition) is 1. The zero-order chi connectivity index (χ0) is 26.4. The number of benzene rings is 2. The molecule has 10 nitrogen and oxygen atoms in total. The summed E-state index contributed by atoms with van der Waals surface area (Å²) >= 11 is 0. The number of rotatable bonds is 12. The molecular weight excluding hydrogens is 474 g/mol. The fourth-order valence-electron chi connectivity index (χ4n) is 4.15. The standard InChI is InChI=1S/C27H33N5O5/c1-4-31(14-15-32-19-28-25-24(32)26(34)30(3)27(35)29(25)2)16-21(33)18-37-23-13-9-8-12-22(23)36-17-20-10-6-5-7-11-20/h5-13,19,21,33H,4,14-18H2,1-3H3. The van der Waals surface area contributed by atoms with Gasteiger partial charge in [-0.3, -0.25) is 18.8 Å². The van der Waals surface area contributed by atoms with Gasteiger partial charge in [0.15, 0.2) is 22.7 Å². The molecule has 1 unspecified atom stereocenters. The van der Waals surface area contributed by atoms with Crippen LogP contribution in [0.25, 0.3) is 11.2 Å². The first-order chi connectivity index (χ1) is 17.9. The number of imidazole rings is 1. The van der Waals surface area contributed by atoms with E-state index < -0.39 is 11.8 Å². The van der Waals surface area contributed by atoms with E-state index in [1.807, 2.05) is 61.5 Å². The van der Waals surface area contributed by atoms with Crippen LogP contribution in [0.1, 0.15) is 12.5 Å². The number of ether oxygens (including phenoxy) is 2. The lowest BCUT2D eigenvalue weighted by Gasteiger charge is -2.24. The number of para-hydroxylation sites is 2. The Balaban J connectivity index is 1.33. The van der Waals surface area contributed by atoms with Gasteiger partial charge in [-0.2, -0.15) is 0 Å². The molecule has 0 spiro atoms. The van der Waals surface area contributed by atoms with Crippen LogP contribution < -0.4 is 20.7 Å². The van der Waals surface area contributed by atoms with Crippen molar-refractivity contribution in [3.8, 4) is 11.5 Å². The number of aryl methyl sites for hydroxylation is 1. The normalized spacial score (nSPS) is 12.2. The summed E-state index contributed by atoms with van der Waals surface area (Å²) < 4.78 is 16.0. The molecule has 2 aromatic carbocycles. The zero-order valence-corrected chi connectivity index (χ0v) is 21.4. The number of nitrogens with zero attached hydrogens (tertiary/aromatic N) is 5. The Bertz CT molecular complexity index is 1440. The van der Waals surface area contributed by atoms with E-state index in [1.54, 1.807) is 17.9 Å². The number of aliphatic hydroxyl groups is 1. The highest BCUT2D eigenvalue weighted by Gasteiger charge is 2.16. The largest absolute Gasteiger partial charge is 0.487 e. The Morgan fingerprint density at radius 1 is 0.973 bits per heavy atom. The van der Waals surface area contributed by atoms with Gasteiger partial charge in [0.05, 0.1) is 6.33 Å². The smallest absolute Gasteiger partial charge is 0.332 e. The summed E-state index contributed by atoms with van der Waals surface area (Å²) in [5.41, 5.74) is 1.02. The van der Waals surface area contributed by atoms with Crippen LogP contribution in [-0.2, 0) is 27.2 Å².